The summed E-state index contributed by atoms with van der Waals surface area (Å²) in [5, 5.41) is 57.6. The van der Waals surface area contributed by atoms with Crippen molar-refractivity contribution in [3.05, 3.63) is 40.2 Å². The van der Waals surface area contributed by atoms with Crippen LogP contribution >= 0.6 is 0 Å². The first-order valence-corrected chi connectivity index (χ1v) is 11.9. The van der Waals surface area contributed by atoms with Gasteiger partial charge in [-0.3, -0.25) is 14.4 Å². The van der Waals surface area contributed by atoms with E-state index in [1.807, 2.05) is 4.90 Å². The fraction of sp³-hybridized carbons (Fsp3) is 0.440. The Balaban J connectivity index is 1.67. The summed E-state index contributed by atoms with van der Waals surface area (Å²) in [5.74, 6) is -7.76. The number of ketones is 2. The summed E-state index contributed by atoms with van der Waals surface area (Å²) in [6.45, 7) is 1.10. The number of phenolic OH excluding ortho intramolecular Hbond substituents is 1. The molecule has 3 aliphatic carbocycles. The maximum atomic E-state index is 13.7. The topological polar surface area (TPSA) is 203 Å². The van der Waals surface area contributed by atoms with E-state index < -0.39 is 58.1 Å². The van der Waals surface area contributed by atoms with Gasteiger partial charge in [0.25, 0.3) is 5.91 Å². The number of aliphatic hydroxyl groups is 4. The van der Waals surface area contributed by atoms with Crippen LogP contribution < -0.4 is 10.6 Å². The van der Waals surface area contributed by atoms with Crippen molar-refractivity contribution in [3.8, 4) is 5.75 Å². The van der Waals surface area contributed by atoms with Gasteiger partial charge in [-0.2, -0.15) is 0 Å². The Morgan fingerprint density at radius 2 is 1.81 bits per heavy atom. The summed E-state index contributed by atoms with van der Waals surface area (Å²) in [7, 11) is 1.16. The predicted molar refractivity (Wildman–Crippen MR) is 129 cm³/mol. The Hall–Kier alpha value is -3.90. The molecule has 2 fully saturated rings. The molecule has 0 spiro atoms. The first-order chi connectivity index (χ1) is 17.5. The van der Waals surface area contributed by atoms with Gasteiger partial charge < -0.3 is 41.0 Å². The molecule has 1 aromatic rings. The number of aliphatic hydroxyl groups excluding tert-OH is 3. The van der Waals surface area contributed by atoms with Crippen LogP contribution in [0.15, 0.2) is 34.2 Å². The summed E-state index contributed by atoms with van der Waals surface area (Å²) >= 11 is 0. The van der Waals surface area contributed by atoms with E-state index in [1.165, 1.54) is 6.07 Å². The molecule has 0 bridgehead atoms. The molecule has 12 nitrogen and oxygen atoms in total. The number of anilines is 1. The number of phenols is 1. The molecule has 0 radical (unpaired) electrons. The molecule has 3 atom stereocenters. The second-order valence-electron chi connectivity index (χ2n) is 9.80. The minimum absolute atomic E-state index is 0.0211. The van der Waals surface area contributed by atoms with Gasteiger partial charge in [0.1, 0.15) is 29.9 Å². The molecule has 1 heterocycles. The van der Waals surface area contributed by atoms with Crippen molar-refractivity contribution >= 4 is 34.6 Å². The normalized spacial score (nSPS) is 29.3. The molecule has 1 saturated heterocycles. The number of carbonyl (C=O) groups excluding carboxylic acids is 3. The van der Waals surface area contributed by atoms with Crippen LogP contribution in [0.2, 0.25) is 0 Å². The number of Topliss-reactive ketones (excluding diaryl/α,β-unsaturated/α-hetero) is 2. The van der Waals surface area contributed by atoms with E-state index >= 15 is 0 Å². The van der Waals surface area contributed by atoms with Gasteiger partial charge in [-0.05, 0) is 49.3 Å². The highest BCUT2D eigenvalue weighted by molar-refractivity contribution is 6.38. The minimum atomic E-state index is -2.87. The average Bonchev–Trinajstić information content (AvgIpc) is 2.84. The first kappa shape index (κ1) is 24.8. The lowest BCUT2D eigenvalue weighted by Crippen LogP contribution is -2.64. The second kappa shape index (κ2) is 8.60. The number of amides is 1. The van der Waals surface area contributed by atoms with E-state index in [-0.39, 0.29) is 35.4 Å². The zero-order chi connectivity index (χ0) is 26.8. The van der Waals surface area contributed by atoms with E-state index in [9.17, 15) is 39.9 Å². The Bertz CT molecular complexity index is 1320. The number of fused-ring (bicyclic) bond motifs is 3. The number of rotatable bonds is 3. The van der Waals surface area contributed by atoms with Crippen LogP contribution in [0, 0.1) is 11.8 Å². The maximum Gasteiger partial charge on any atom is 0.256 e. The lowest BCUT2D eigenvalue weighted by atomic mass is 9.58. The molecular formula is C25H27N3O9. The molecule has 1 amide bonds. The van der Waals surface area contributed by atoms with Gasteiger partial charge in [-0.25, -0.2) is 0 Å². The predicted octanol–water partition coefficient (Wildman–Crippen LogP) is -0.00270. The van der Waals surface area contributed by atoms with E-state index in [0.29, 0.717) is 31.5 Å². The number of nitrogens with zero attached hydrogens (tertiary/aromatic N) is 2. The Morgan fingerprint density at radius 1 is 1.14 bits per heavy atom. The molecule has 1 saturated carbocycles. The van der Waals surface area contributed by atoms with Gasteiger partial charge in [-0.15, -0.1) is 0 Å². The summed E-state index contributed by atoms with van der Waals surface area (Å²) in [4.78, 5) is 45.7. The molecule has 1 aromatic carbocycles. The van der Waals surface area contributed by atoms with Gasteiger partial charge in [-0.1, -0.05) is 5.16 Å². The summed E-state index contributed by atoms with van der Waals surface area (Å²) in [6, 6.07) is 3.10. The number of benzene rings is 1. The molecule has 196 valence electrons. The molecule has 0 unspecified atom stereocenters. The number of allylic oxidation sites excluding steroid dienone is 1. The first-order valence-electron chi connectivity index (χ1n) is 11.9. The summed E-state index contributed by atoms with van der Waals surface area (Å²) in [5.41, 5.74) is 2.08. The average molecular weight is 514 g/mol. The van der Waals surface area contributed by atoms with Gasteiger partial charge >= 0.3 is 0 Å². The number of aromatic hydroxyl groups is 1. The number of oxime groups is 1. The highest BCUT2D eigenvalue weighted by atomic mass is 16.6. The number of primary amides is 1. The lowest BCUT2D eigenvalue weighted by molar-refractivity contribution is -0.153. The SMILES string of the molecule is CO/N=C1\C(O)=C(C(N)=O)C(=O)[C@@]2(O)C(=O)C3=C(O)c4c(O)ccc(N5CCC(O)CC5)c4C[C@H]3C[C@@H]12. The lowest BCUT2D eigenvalue weighted by Gasteiger charge is -2.46. The minimum Gasteiger partial charge on any atom is -0.507 e. The largest absolute Gasteiger partial charge is 0.507 e. The van der Waals surface area contributed by atoms with Crippen molar-refractivity contribution in [2.45, 2.75) is 37.4 Å². The number of piperidine rings is 1. The Labute approximate surface area is 210 Å². The van der Waals surface area contributed by atoms with Gasteiger partial charge in [0.15, 0.2) is 11.4 Å². The number of hydrogen-bond acceptors (Lipinski definition) is 11. The monoisotopic (exact) mass is 513 g/mol. The van der Waals surface area contributed by atoms with E-state index in [1.54, 1.807) is 6.07 Å². The van der Waals surface area contributed by atoms with Gasteiger partial charge in [0.05, 0.1) is 17.6 Å². The standard InChI is InChI=1S/C25H27N3O9/c1-37-27-19-13-9-10-8-12-14(28-6-4-11(29)5-7-28)2-3-15(30)17(12)20(31)16(10)22(33)25(13,36)23(34)18(21(19)32)24(26)35/h2-3,10-11,13,29-32,36H,4-9H2,1H3,(H2,26,35)/b27-19-/t10-,13-,25-/m0/s1. The van der Waals surface area contributed by atoms with Crippen molar-refractivity contribution < 1.29 is 44.8 Å². The van der Waals surface area contributed by atoms with Crippen LogP contribution in [0.3, 0.4) is 0 Å². The van der Waals surface area contributed by atoms with Crippen molar-refractivity contribution in [2.24, 2.45) is 22.7 Å². The van der Waals surface area contributed by atoms with Crippen LogP contribution in [0.25, 0.3) is 5.76 Å². The molecule has 37 heavy (non-hydrogen) atoms. The van der Waals surface area contributed by atoms with Crippen molar-refractivity contribution in [3.63, 3.8) is 0 Å². The third kappa shape index (κ3) is 3.43. The van der Waals surface area contributed by atoms with Crippen molar-refractivity contribution in [1.29, 1.82) is 0 Å². The van der Waals surface area contributed by atoms with Crippen LogP contribution in [-0.4, -0.2) is 80.6 Å². The van der Waals surface area contributed by atoms with Gasteiger partial charge in [0, 0.05) is 24.4 Å². The van der Waals surface area contributed by atoms with E-state index in [2.05, 4.69) is 5.16 Å². The van der Waals surface area contributed by atoms with Gasteiger partial charge in [0.2, 0.25) is 11.6 Å². The van der Waals surface area contributed by atoms with Crippen LogP contribution in [0.1, 0.15) is 30.4 Å². The molecule has 0 aromatic heterocycles. The Morgan fingerprint density at radius 3 is 2.43 bits per heavy atom. The quantitative estimate of drug-likeness (QED) is 0.181. The summed E-state index contributed by atoms with van der Waals surface area (Å²) < 4.78 is 0. The highest BCUT2D eigenvalue weighted by Gasteiger charge is 2.64. The molecular weight excluding hydrogens is 486 g/mol. The van der Waals surface area contributed by atoms with Crippen LogP contribution in [0.4, 0.5) is 5.69 Å². The van der Waals surface area contributed by atoms with E-state index in [0.717, 1.165) is 12.8 Å². The fourth-order valence-corrected chi connectivity index (χ4v) is 6.08. The smallest absolute Gasteiger partial charge is 0.256 e. The number of nitrogens with two attached hydrogens (primary N) is 1. The second-order valence-corrected chi connectivity index (χ2v) is 9.80. The number of hydrogen-bond donors (Lipinski definition) is 6. The fourth-order valence-electron chi connectivity index (χ4n) is 6.08. The molecule has 12 heteroatoms. The third-order valence-electron chi connectivity index (χ3n) is 7.86. The summed E-state index contributed by atoms with van der Waals surface area (Å²) in [6.07, 6.45) is 0.737. The van der Waals surface area contributed by atoms with Crippen LogP contribution in [-0.2, 0) is 25.6 Å². The van der Waals surface area contributed by atoms with Crippen molar-refractivity contribution in [1.82, 2.24) is 0 Å². The van der Waals surface area contributed by atoms with E-state index in [4.69, 9.17) is 10.6 Å². The van der Waals surface area contributed by atoms with Crippen molar-refractivity contribution in [2.75, 3.05) is 25.1 Å². The zero-order valence-electron chi connectivity index (χ0n) is 20.0. The highest BCUT2D eigenvalue weighted by Crippen LogP contribution is 2.52. The third-order valence-corrected chi connectivity index (χ3v) is 7.86. The van der Waals surface area contributed by atoms with Crippen LogP contribution in [0.5, 0.6) is 5.75 Å². The molecule has 1 aliphatic heterocycles. The molecule has 7 N–H and O–H groups in total. The molecule has 4 aliphatic rings. The Kier molecular flexibility index (Phi) is 5.76. The molecule has 5 rings (SSSR count). The maximum absolute atomic E-state index is 13.7. The number of carbonyl (C=O) groups is 3. The zero-order valence-corrected chi connectivity index (χ0v) is 20.0.